The van der Waals surface area contributed by atoms with Crippen LogP contribution in [0.5, 0.6) is 0 Å². The van der Waals surface area contributed by atoms with Crippen LogP contribution >= 0.6 is 43.2 Å². The van der Waals surface area contributed by atoms with Gasteiger partial charge in [-0.3, -0.25) is 0 Å². The number of aromatic nitrogens is 1. The quantitative estimate of drug-likeness (QED) is 0.452. The Hall–Kier alpha value is -0.970. The largest absolute Gasteiger partial charge is 0.236 e. The molecule has 0 aliphatic carbocycles. The molecular formula is C17H13Br2NS. The molecule has 0 amide bonds. The number of benzene rings is 2. The third-order valence-electron chi connectivity index (χ3n) is 3.34. The van der Waals surface area contributed by atoms with Gasteiger partial charge in [-0.15, -0.1) is 11.3 Å². The van der Waals surface area contributed by atoms with Crippen molar-refractivity contribution in [2.75, 3.05) is 0 Å². The molecule has 2 aromatic carbocycles. The van der Waals surface area contributed by atoms with Crippen LogP contribution in [0.25, 0.3) is 21.8 Å². The van der Waals surface area contributed by atoms with Crippen LogP contribution in [0.2, 0.25) is 0 Å². The van der Waals surface area contributed by atoms with E-state index < -0.39 is 0 Å². The molecular weight excluding hydrogens is 410 g/mol. The standard InChI is InChI=1S/C17H13Br2NS/c1-10-9-12(18)7-8-13(10)17-20-16(11(2)21-17)14-5-3-4-6-15(14)19/h3-9H,1-2H3. The Kier molecular flexibility index (Phi) is 4.29. The van der Waals surface area contributed by atoms with Gasteiger partial charge in [-0.2, -0.15) is 0 Å². The van der Waals surface area contributed by atoms with E-state index in [1.807, 2.05) is 12.1 Å². The molecule has 1 nitrogen and oxygen atoms in total. The van der Waals surface area contributed by atoms with Gasteiger partial charge in [0.05, 0.1) is 5.69 Å². The Morgan fingerprint density at radius 1 is 0.952 bits per heavy atom. The van der Waals surface area contributed by atoms with Gasteiger partial charge in [0.1, 0.15) is 5.01 Å². The molecule has 1 heterocycles. The van der Waals surface area contributed by atoms with Crippen molar-refractivity contribution >= 4 is 43.2 Å². The summed E-state index contributed by atoms with van der Waals surface area (Å²) in [6.07, 6.45) is 0. The number of hydrogen-bond donors (Lipinski definition) is 0. The molecule has 3 rings (SSSR count). The van der Waals surface area contributed by atoms with Gasteiger partial charge in [0.15, 0.2) is 0 Å². The van der Waals surface area contributed by atoms with Gasteiger partial charge in [0.2, 0.25) is 0 Å². The Bertz CT molecular complexity index is 808. The second-order valence-electron chi connectivity index (χ2n) is 4.86. The maximum atomic E-state index is 4.87. The lowest BCUT2D eigenvalue weighted by atomic mass is 10.1. The number of thiazole rings is 1. The molecule has 0 aliphatic heterocycles. The summed E-state index contributed by atoms with van der Waals surface area (Å²) in [7, 11) is 0. The van der Waals surface area contributed by atoms with Gasteiger partial charge in [-0.05, 0) is 37.6 Å². The van der Waals surface area contributed by atoms with Crippen molar-refractivity contribution in [2.45, 2.75) is 13.8 Å². The van der Waals surface area contributed by atoms with Crippen LogP contribution in [0, 0.1) is 13.8 Å². The van der Waals surface area contributed by atoms with Crippen LogP contribution in [-0.2, 0) is 0 Å². The molecule has 0 unspecified atom stereocenters. The summed E-state index contributed by atoms with van der Waals surface area (Å²) in [6, 6.07) is 14.5. The number of hydrogen-bond acceptors (Lipinski definition) is 2. The lowest BCUT2D eigenvalue weighted by Gasteiger charge is -2.03. The van der Waals surface area contributed by atoms with E-state index in [4.69, 9.17) is 4.98 Å². The third-order valence-corrected chi connectivity index (χ3v) is 5.53. The van der Waals surface area contributed by atoms with Crippen molar-refractivity contribution in [2.24, 2.45) is 0 Å². The smallest absolute Gasteiger partial charge is 0.124 e. The monoisotopic (exact) mass is 421 g/mol. The minimum atomic E-state index is 1.06. The summed E-state index contributed by atoms with van der Waals surface area (Å²) in [5.74, 6) is 0. The molecule has 0 atom stereocenters. The molecule has 0 saturated carbocycles. The summed E-state index contributed by atoms with van der Waals surface area (Å²) in [6.45, 7) is 4.25. The van der Waals surface area contributed by atoms with Gasteiger partial charge in [0, 0.05) is 24.9 Å². The lowest BCUT2D eigenvalue weighted by Crippen LogP contribution is -1.85. The SMILES string of the molecule is Cc1cc(Br)ccc1-c1nc(-c2ccccc2Br)c(C)s1. The highest BCUT2D eigenvalue weighted by molar-refractivity contribution is 9.10. The van der Waals surface area contributed by atoms with Crippen molar-refractivity contribution in [1.29, 1.82) is 0 Å². The van der Waals surface area contributed by atoms with Crippen LogP contribution in [-0.4, -0.2) is 4.98 Å². The highest BCUT2D eigenvalue weighted by Crippen LogP contribution is 2.37. The summed E-state index contributed by atoms with van der Waals surface area (Å²) >= 11 is 8.87. The number of rotatable bonds is 2. The molecule has 0 bridgehead atoms. The molecule has 0 fully saturated rings. The second kappa shape index (κ2) is 6.03. The van der Waals surface area contributed by atoms with E-state index >= 15 is 0 Å². The first-order valence-electron chi connectivity index (χ1n) is 6.55. The molecule has 0 spiro atoms. The summed E-state index contributed by atoms with van der Waals surface area (Å²) < 4.78 is 2.18. The molecule has 0 aliphatic rings. The fourth-order valence-electron chi connectivity index (χ4n) is 2.28. The minimum absolute atomic E-state index is 1.06. The Morgan fingerprint density at radius 2 is 1.71 bits per heavy atom. The zero-order valence-electron chi connectivity index (χ0n) is 11.7. The molecule has 0 N–H and O–H groups in total. The zero-order valence-corrected chi connectivity index (χ0v) is 15.6. The topological polar surface area (TPSA) is 12.9 Å². The highest BCUT2D eigenvalue weighted by Gasteiger charge is 2.14. The van der Waals surface area contributed by atoms with E-state index in [1.54, 1.807) is 11.3 Å². The fourth-order valence-corrected chi connectivity index (χ4v) is 4.25. The molecule has 106 valence electrons. The second-order valence-corrected chi connectivity index (χ2v) is 7.84. The van der Waals surface area contributed by atoms with Crippen molar-refractivity contribution < 1.29 is 0 Å². The molecule has 0 radical (unpaired) electrons. The number of nitrogens with zero attached hydrogens (tertiary/aromatic N) is 1. The van der Waals surface area contributed by atoms with Crippen LogP contribution in [0.4, 0.5) is 0 Å². The van der Waals surface area contributed by atoms with Crippen LogP contribution in [0.3, 0.4) is 0 Å². The van der Waals surface area contributed by atoms with E-state index in [9.17, 15) is 0 Å². The van der Waals surface area contributed by atoms with Crippen LogP contribution < -0.4 is 0 Å². The molecule has 4 heteroatoms. The lowest BCUT2D eigenvalue weighted by molar-refractivity contribution is 1.34. The Morgan fingerprint density at radius 3 is 2.43 bits per heavy atom. The van der Waals surface area contributed by atoms with Crippen molar-refractivity contribution in [1.82, 2.24) is 4.98 Å². The molecule has 1 aromatic heterocycles. The normalized spacial score (nSPS) is 10.9. The van der Waals surface area contributed by atoms with Gasteiger partial charge in [0.25, 0.3) is 0 Å². The molecule has 3 aromatic rings. The number of aryl methyl sites for hydroxylation is 2. The maximum Gasteiger partial charge on any atom is 0.124 e. The number of halogens is 2. The average molecular weight is 423 g/mol. The molecule has 21 heavy (non-hydrogen) atoms. The zero-order chi connectivity index (χ0) is 15.0. The van der Waals surface area contributed by atoms with E-state index in [0.717, 1.165) is 25.2 Å². The molecule has 0 saturated heterocycles. The van der Waals surface area contributed by atoms with Crippen molar-refractivity contribution in [3.63, 3.8) is 0 Å². The summed E-state index contributed by atoms with van der Waals surface area (Å²) in [4.78, 5) is 6.11. The van der Waals surface area contributed by atoms with Crippen LogP contribution in [0.15, 0.2) is 51.4 Å². The van der Waals surface area contributed by atoms with Crippen molar-refractivity contribution in [3.05, 3.63) is 61.9 Å². The fraction of sp³-hybridized carbons (Fsp3) is 0.118. The Balaban J connectivity index is 2.12. The van der Waals surface area contributed by atoms with Crippen LogP contribution in [0.1, 0.15) is 10.4 Å². The van der Waals surface area contributed by atoms with Gasteiger partial charge < -0.3 is 0 Å². The predicted molar refractivity (Wildman–Crippen MR) is 97.9 cm³/mol. The first kappa shape index (κ1) is 14.9. The van der Waals surface area contributed by atoms with E-state index in [1.165, 1.54) is 16.0 Å². The minimum Gasteiger partial charge on any atom is -0.236 e. The summed E-state index contributed by atoms with van der Waals surface area (Å²) in [5, 5.41) is 1.07. The van der Waals surface area contributed by atoms with E-state index in [2.05, 4.69) is 76.0 Å². The van der Waals surface area contributed by atoms with E-state index in [-0.39, 0.29) is 0 Å². The maximum absolute atomic E-state index is 4.87. The van der Waals surface area contributed by atoms with Gasteiger partial charge in [-0.1, -0.05) is 56.1 Å². The first-order valence-corrected chi connectivity index (χ1v) is 8.95. The van der Waals surface area contributed by atoms with Gasteiger partial charge >= 0.3 is 0 Å². The summed E-state index contributed by atoms with van der Waals surface area (Å²) in [5.41, 5.74) is 4.64. The van der Waals surface area contributed by atoms with Gasteiger partial charge in [-0.25, -0.2) is 4.98 Å². The highest BCUT2D eigenvalue weighted by atomic mass is 79.9. The van der Waals surface area contributed by atoms with Crippen molar-refractivity contribution in [3.8, 4) is 21.8 Å². The predicted octanol–water partition coefficient (Wildman–Crippen LogP) is 6.62. The average Bonchev–Trinajstić information content (AvgIpc) is 2.81. The van der Waals surface area contributed by atoms with E-state index in [0.29, 0.717) is 0 Å². The third kappa shape index (κ3) is 2.98. The first-order chi connectivity index (χ1) is 10.1. The Labute approximate surface area is 145 Å².